The van der Waals surface area contributed by atoms with E-state index in [1.165, 1.54) is 11.3 Å². The Hall–Kier alpha value is -1.59. The fourth-order valence-electron chi connectivity index (χ4n) is 1.89. The highest BCUT2D eigenvalue weighted by Crippen LogP contribution is 2.21. The van der Waals surface area contributed by atoms with Crippen molar-refractivity contribution in [3.63, 3.8) is 0 Å². The quantitative estimate of drug-likeness (QED) is 0.768. The largest absolute Gasteiger partial charge is 0.380 e. The van der Waals surface area contributed by atoms with E-state index >= 15 is 0 Å². The zero-order chi connectivity index (χ0) is 13.2. The first kappa shape index (κ1) is 12.4. The Kier molecular flexibility index (Phi) is 3.40. The van der Waals surface area contributed by atoms with Crippen LogP contribution < -0.4 is 5.32 Å². The topological polar surface area (TPSA) is 53.6 Å². The van der Waals surface area contributed by atoms with Gasteiger partial charge in [0.1, 0.15) is 5.82 Å². The van der Waals surface area contributed by atoms with E-state index in [0.717, 1.165) is 40.4 Å². The van der Waals surface area contributed by atoms with Gasteiger partial charge in [-0.25, -0.2) is 9.97 Å². The third kappa shape index (κ3) is 2.72. The summed E-state index contributed by atoms with van der Waals surface area (Å²) in [5.74, 6) is 1.02. The van der Waals surface area contributed by atoms with Crippen LogP contribution in [0.1, 0.15) is 17.6 Å². The van der Waals surface area contributed by atoms with Gasteiger partial charge in [0.2, 0.25) is 0 Å². The van der Waals surface area contributed by atoms with Crippen molar-refractivity contribution in [3.8, 4) is 0 Å². The fourth-order valence-corrected chi connectivity index (χ4v) is 2.81. The monoisotopic (exact) mass is 292 g/mol. The molecule has 2 aromatic heterocycles. The number of benzene rings is 1. The fraction of sp³-hybridized carbons (Fsp3) is 0.231. The van der Waals surface area contributed by atoms with Gasteiger partial charge in [-0.2, -0.15) is 0 Å². The van der Waals surface area contributed by atoms with Gasteiger partial charge < -0.3 is 10.3 Å². The first-order valence-electron chi connectivity index (χ1n) is 6.07. The number of H-pyrrole nitrogens is 1. The van der Waals surface area contributed by atoms with Crippen molar-refractivity contribution >= 4 is 39.7 Å². The van der Waals surface area contributed by atoms with Crippen molar-refractivity contribution in [1.29, 1.82) is 0 Å². The van der Waals surface area contributed by atoms with Gasteiger partial charge >= 0.3 is 0 Å². The van der Waals surface area contributed by atoms with Gasteiger partial charge in [0.05, 0.1) is 17.6 Å². The van der Waals surface area contributed by atoms with Gasteiger partial charge in [0.25, 0.3) is 0 Å². The van der Waals surface area contributed by atoms with Crippen molar-refractivity contribution < 1.29 is 0 Å². The van der Waals surface area contributed by atoms with Crippen LogP contribution in [-0.4, -0.2) is 15.0 Å². The van der Waals surface area contributed by atoms with Crippen LogP contribution in [0.2, 0.25) is 4.47 Å². The van der Waals surface area contributed by atoms with Crippen LogP contribution in [0.3, 0.4) is 0 Å². The van der Waals surface area contributed by atoms with Crippen molar-refractivity contribution in [2.24, 2.45) is 0 Å². The molecular formula is C13H13ClN4S. The summed E-state index contributed by atoms with van der Waals surface area (Å²) in [6, 6.07) is 6.13. The minimum absolute atomic E-state index is 0.577. The van der Waals surface area contributed by atoms with Gasteiger partial charge in [-0.15, -0.1) is 11.3 Å². The first-order valence-corrected chi connectivity index (χ1v) is 7.27. The van der Waals surface area contributed by atoms with Gasteiger partial charge in [-0.1, -0.05) is 18.5 Å². The summed E-state index contributed by atoms with van der Waals surface area (Å²) in [6.07, 6.45) is 2.71. The molecule has 0 saturated heterocycles. The number of aromatic nitrogens is 3. The molecule has 0 atom stereocenters. The zero-order valence-electron chi connectivity index (χ0n) is 10.4. The van der Waals surface area contributed by atoms with E-state index in [9.17, 15) is 0 Å². The smallest absolute Gasteiger partial charge is 0.183 e. The Morgan fingerprint density at radius 1 is 1.42 bits per heavy atom. The second kappa shape index (κ2) is 5.19. The maximum atomic E-state index is 5.81. The maximum Gasteiger partial charge on any atom is 0.183 e. The third-order valence-corrected chi connectivity index (χ3v) is 3.97. The zero-order valence-corrected chi connectivity index (χ0v) is 12.0. The molecule has 0 spiro atoms. The molecule has 0 aliphatic heterocycles. The van der Waals surface area contributed by atoms with Crippen LogP contribution in [0.15, 0.2) is 24.4 Å². The molecule has 6 heteroatoms. The minimum Gasteiger partial charge on any atom is -0.380 e. The van der Waals surface area contributed by atoms with Crippen LogP contribution in [0.25, 0.3) is 11.0 Å². The average Bonchev–Trinajstić information content (AvgIpc) is 3.01. The van der Waals surface area contributed by atoms with E-state index in [1.54, 1.807) is 6.20 Å². The van der Waals surface area contributed by atoms with Crippen molar-refractivity contribution in [3.05, 3.63) is 39.6 Å². The molecule has 3 rings (SSSR count). The Balaban J connectivity index is 1.77. The summed E-state index contributed by atoms with van der Waals surface area (Å²) < 4.78 is 0.577. The molecule has 98 valence electrons. The number of nitrogens with zero attached hydrogens (tertiary/aromatic N) is 2. The number of aromatic amines is 1. The van der Waals surface area contributed by atoms with E-state index in [0.29, 0.717) is 4.47 Å². The molecule has 0 fully saturated rings. The summed E-state index contributed by atoms with van der Waals surface area (Å²) in [5.41, 5.74) is 3.12. The SMILES string of the molecule is CCc1nc2ccc(NCc3cnc(Cl)s3)cc2[nH]1. The van der Waals surface area contributed by atoms with E-state index < -0.39 is 0 Å². The predicted molar refractivity (Wildman–Crippen MR) is 79.9 cm³/mol. The van der Waals surface area contributed by atoms with Crippen molar-refractivity contribution in [1.82, 2.24) is 15.0 Å². The second-order valence-corrected chi connectivity index (χ2v) is 5.90. The van der Waals surface area contributed by atoms with Crippen molar-refractivity contribution in [2.45, 2.75) is 19.9 Å². The Labute approximate surface area is 119 Å². The lowest BCUT2D eigenvalue weighted by molar-refractivity contribution is 1.00. The molecule has 3 aromatic rings. The molecule has 0 amide bonds. The van der Waals surface area contributed by atoms with Crippen LogP contribution >= 0.6 is 22.9 Å². The van der Waals surface area contributed by atoms with Gasteiger partial charge in [-0.05, 0) is 18.2 Å². The normalized spacial score (nSPS) is 11.1. The Morgan fingerprint density at radius 2 is 2.32 bits per heavy atom. The molecule has 19 heavy (non-hydrogen) atoms. The highest BCUT2D eigenvalue weighted by molar-refractivity contribution is 7.15. The number of thiazole rings is 1. The van der Waals surface area contributed by atoms with Gasteiger partial charge in [0, 0.05) is 23.2 Å². The molecule has 0 bridgehead atoms. The molecule has 0 radical (unpaired) electrons. The van der Waals surface area contributed by atoms with E-state index in [1.807, 2.05) is 12.1 Å². The van der Waals surface area contributed by atoms with Crippen LogP contribution in [0.5, 0.6) is 0 Å². The lowest BCUT2D eigenvalue weighted by Gasteiger charge is -2.03. The van der Waals surface area contributed by atoms with Gasteiger partial charge in [0.15, 0.2) is 4.47 Å². The second-order valence-electron chi connectivity index (χ2n) is 4.20. The van der Waals surface area contributed by atoms with E-state index in [4.69, 9.17) is 11.6 Å². The molecule has 1 aromatic carbocycles. The third-order valence-electron chi connectivity index (χ3n) is 2.86. The number of halogens is 1. The molecule has 2 N–H and O–H groups in total. The molecule has 0 aliphatic carbocycles. The summed E-state index contributed by atoms with van der Waals surface area (Å²) in [6.45, 7) is 2.81. The molecular weight excluding hydrogens is 280 g/mol. The van der Waals surface area contributed by atoms with Crippen molar-refractivity contribution in [2.75, 3.05) is 5.32 Å². The molecule has 0 aliphatic rings. The predicted octanol–water partition coefficient (Wildman–Crippen LogP) is 3.85. The molecule has 2 heterocycles. The number of fused-ring (bicyclic) bond motifs is 1. The first-order chi connectivity index (χ1) is 9.24. The Bertz CT molecular complexity index is 704. The number of hydrogen-bond donors (Lipinski definition) is 2. The standard InChI is InChI=1S/C13H13ClN4S/c1-2-12-17-10-4-3-8(5-11(10)18-12)15-6-9-7-16-13(14)19-9/h3-5,7,15H,2,6H2,1H3,(H,17,18). The highest BCUT2D eigenvalue weighted by atomic mass is 35.5. The van der Waals surface area contributed by atoms with Crippen LogP contribution in [0, 0.1) is 0 Å². The Morgan fingerprint density at radius 3 is 3.05 bits per heavy atom. The maximum absolute atomic E-state index is 5.81. The number of hydrogen-bond acceptors (Lipinski definition) is 4. The number of imidazole rings is 1. The van der Waals surface area contributed by atoms with E-state index in [-0.39, 0.29) is 0 Å². The van der Waals surface area contributed by atoms with Gasteiger partial charge in [-0.3, -0.25) is 0 Å². The molecule has 4 nitrogen and oxygen atoms in total. The number of nitrogens with one attached hydrogen (secondary N) is 2. The van der Waals surface area contributed by atoms with Crippen LogP contribution in [-0.2, 0) is 13.0 Å². The lowest BCUT2D eigenvalue weighted by Crippen LogP contribution is -1.96. The summed E-state index contributed by atoms with van der Waals surface area (Å²) in [7, 11) is 0. The minimum atomic E-state index is 0.577. The number of rotatable bonds is 4. The number of anilines is 1. The molecule has 0 unspecified atom stereocenters. The summed E-state index contributed by atoms with van der Waals surface area (Å²) >= 11 is 7.30. The highest BCUT2D eigenvalue weighted by Gasteiger charge is 2.03. The lowest BCUT2D eigenvalue weighted by atomic mass is 10.3. The van der Waals surface area contributed by atoms with E-state index in [2.05, 4.69) is 33.3 Å². The summed E-state index contributed by atoms with van der Waals surface area (Å²) in [5, 5.41) is 3.36. The number of aryl methyl sites for hydroxylation is 1. The summed E-state index contributed by atoms with van der Waals surface area (Å²) in [4.78, 5) is 12.9. The molecule has 0 saturated carbocycles. The van der Waals surface area contributed by atoms with Crippen LogP contribution in [0.4, 0.5) is 5.69 Å². The average molecular weight is 293 g/mol.